The molecule has 1 aromatic rings. The molecule has 1 aliphatic rings. The standard InChI is InChI=1S/C11H13BN2O2/c12-11-2-1-10(9(7-13)14-11)16-8-3-5-15-6-4-8/h1-2,8H,3-6,12H2. The first kappa shape index (κ1) is 11.0. The second-order valence-electron chi connectivity index (χ2n) is 3.84. The highest BCUT2D eigenvalue weighted by Gasteiger charge is 2.17. The summed E-state index contributed by atoms with van der Waals surface area (Å²) in [5, 5.41) is 8.96. The van der Waals surface area contributed by atoms with Gasteiger partial charge in [0.05, 0.1) is 13.2 Å². The Morgan fingerprint density at radius 2 is 2.19 bits per heavy atom. The predicted octanol–water partition coefficient (Wildman–Crippen LogP) is -0.231. The third-order valence-electron chi connectivity index (χ3n) is 2.57. The third-order valence-corrected chi connectivity index (χ3v) is 2.57. The molecular formula is C11H13BN2O2. The lowest BCUT2D eigenvalue weighted by Crippen LogP contribution is -2.26. The summed E-state index contributed by atoms with van der Waals surface area (Å²) in [5.41, 5.74) is 1.20. The van der Waals surface area contributed by atoms with Crippen molar-refractivity contribution in [2.24, 2.45) is 0 Å². The highest BCUT2D eigenvalue weighted by molar-refractivity contribution is 6.30. The highest BCUT2D eigenvalue weighted by atomic mass is 16.5. The van der Waals surface area contributed by atoms with E-state index in [9.17, 15) is 0 Å². The van der Waals surface area contributed by atoms with Gasteiger partial charge in [-0.25, -0.2) is 4.98 Å². The van der Waals surface area contributed by atoms with E-state index in [0.717, 1.165) is 31.6 Å². The van der Waals surface area contributed by atoms with Crippen molar-refractivity contribution >= 4 is 13.4 Å². The SMILES string of the molecule is Bc1ccc(OC2CCOCC2)c(C#N)n1. The number of nitriles is 1. The first-order chi connectivity index (χ1) is 7.79. The maximum Gasteiger partial charge on any atom is 0.182 e. The molecule has 2 rings (SSSR count). The molecule has 0 bridgehead atoms. The van der Waals surface area contributed by atoms with Gasteiger partial charge in [0.15, 0.2) is 19.3 Å². The topological polar surface area (TPSA) is 55.1 Å². The van der Waals surface area contributed by atoms with Crippen molar-refractivity contribution in [3.8, 4) is 11.8 Å². The minimum atomic E-state index is 0.144. The zero-order chi connectivity index (χ0) is 11.4. The molecule has 4 nitrogen and oxygen atoms in total. The minimum absolute atomic E-state index is 0.144. The molecule has 0 aliphatic carbocycles. The van der Waals surface area contributed by atoms with Gasteiger partial charge in [0.25, 0.3) is 0 Å². The van der Waals surface area contributed by atoms with E-state index in [1.807, 2.05) is 20.0 Å². The summed E-state index contributed by atoms with van der Waals surface area (Å²) in [6, 6.07) is 5.73. The van der Waals surface area contributed by atoms with Crippen LogP contribution in [0.5, 0.6) is 5.75 Å². The van der Waals surface area contributed by atoms with E-state index in [-0.39, 0.29) is 6.10 Å². The number of pyridine rings is 1. The molecule has 0 unspecified atom stereocenters. The number of hydrogen-bond donors (Lipinski definition) is 0. The number of aromatic nitrogens is 1. The van der Waals surface area contributed by atoms with Crippen LogP contribution in [0.4, 0.5) is 0 Å². The smallest absolute Gasteiger partial charge is 0.182 e. The van der Waals surface area contributed by atoms with Crippen LogP contribution in [0.2, 0.25) is 0 Å². The molecule has 2 heterocycles. The van der Waals surface area contributed by atoms with Crippen LogP contribution in [0.3, 0.4) is 0 Å². The van der Waals surface area contributed by atoms with Gasteiger partial charge < -0.3 is 9.47 Å². The van der Waals surface area contributed by atoms with Gasteiger partial charge in [-0.2, -0.15) is 5.26 Å². The molecule has 1 saturated heterocycles. The van der Waals surface area contributed by atoms with E-state index < -0.39 is 0 Å². The monoisotopic (exact) mass is 216 g/mol. The molecule has 5 heteroatoms. The summed E-state index contributed by atoms with van der Waals surface area (Å²) >= 11 is 0. The molecule has 0 aromatic carbocycles. The Bertz CT molecular complexity index is 411. The summed E-state index contributed by atoms with van der Waals surface area (Å²) in [5.74, 6) is 0.583. The second-order valence-corrected chi connectivity index (χ2v) is 3.84. The summed E-state index contributed by atoms with van der Waals surface area (Å²) in [7, 11) is 1.86. The predicted molar refractivity (Wildman–Crippen MR) is 61.6 cm³/mol. The lowest BCUT2D eigenvalue weighted by Gasteiger charge is -2.23. The van der Waals surface area contributed by atoms with Crippen molar-refractivity contribution in [2.75, 3.05) is 13.2 Å². The van der Waals surface area contributed by atoms with Crippen LogP contribution in [-0.4, -0.2) is 32.1 Å². The van der Waals surface area contributed by atoms with Gasteiger partial charge in [-0.05, 0) is 17.7 Å². The Balaban J connectivity index is 2.11. The summed E-state index contributed by atoms with van der Waals surface area (Å²) in [6.45, 7) is 1.46. The van der Waals surface area contributed by atoms with Crippen LogP contribution in [0.25, 0.3) is 0 Å². The van der Waals surface area contributed by atoms with Gasteiger partial charge >= 0.3 is 0 Å². The zero-order valence-corrected chi connectivity index (χ0v) is 9.27. The van der Waals surface area contributed by atoms with Crippen LogP contribution in [0, 0.1) is 11.3 Å². The molecular weight excluding hydrogens is 203 g/mol. The fourth-order valence-electron chi connectivity index (χ4n) is 1.69. The van der Waals surface area contributed by atoms with Crippen molar-refractivity contribution in [2.45, 2.75) is 18.9 Å². The highest BCUT2D eigenvalue weighted by Crippen LogP contribution is 2.19. The first-order valence-corrected chi connectivity index (χ1v) is 5.42. The molecule has 1 fully saturated rings. The maximum atomic E-state index is 8.96. The van der Waals surface area contributed by atoms with Crippen LogP contribution < -0.4 is 10.3 Å². The summed E-state index contributed by atoms with van der Waals surface area (Å²) in [6.07, 6.45) is 1.89. The number of ether oxygens (including phenoxy) is 2. The molecule has 1 aliphatic heterocycles. The van der Waals surface area contributed by atoms with E-state index >= 15 is 0 Å². The molecule has 0 N–H and O–H groups in total. The van der Waals surface area contributed by atoms with E-state index in [2.05, 4.69) is 11.1 Å². The van der Waals surface area contributed by atoms with Crippen LogP contribution in [0.1, 0.15) is 18.5 Å². The molecule has 0 radical (unpaired) electrons. The normalized spacial score (nSPS) is 16.7. The molecule has 0 atom stereocenters. The van der Waals surface area contributed by atoms with Crippen molar-refractivity contribution < 1.29 is 9.47 Å². The Labute approximate surface area is 95.6 Å². The van der Waals surface area contributed by atoms with Crippen molar-refractivity contribution in [3.63, 3.8) is 0 Å². The molecule has 0 saturated carbocycles. The van der Waals surface area contributed by atoms with Gasteiger partial charge in [-0.1, -0.05) is 0 Å². The fraction of sp³-hybridized carbons (Fsp3) is 0.455. The Morgan fingerprint density at radius 3 is 2.88 bits per heavy atom. The lowest BCUT2D eigenvalue weighted by molar-refractivity contribution is 0.0253. The largest absolute Gasteiger partial charge is 0.487 e. The molecule has 82 valence electrons. The number of nitrogens with zero attached hydrogens (tertiary/aromatic N) is 2. The third kappa shape index (κ3) is 2.53. The van der Waals surface area contributed by atoms with E-state index in [0.29, 0.717) is 11.4 Å². The lowest BCUT2D eigenvalue weighted by atomic mass is 10.0. The second kappa shape index (κ2) is 5.00. The number of rotatable bonds is 2. The Hall–Kier alpha value is -1.54. The Morgan fingerprint density at radius 1 is 1.44 bits per heavy atom. The first-order valence-electron chi connectivity index (χ1n) is 5.42. The van der Waals surface area contributed by atoms with Crippen LogP contribution in [0.15, 0.2) is 12.1 Å². The van der Waals surface area contributed by atoms with Gasteiger partial charge in [0.2, 0.25) is 0 Å². The van der Waals surface area contributed by atoms with Crippen LogP contribution in [-0.2, 0) is 4.74 Å². The molecule has 1 aromatic heterocycles. The average molecular weight is 216 g/mol. The van der Waals surface area contributed by atoms with Crippen molar-refractivity contribution in [1.29, 1.82) is 5.26 Å². The summed E-state index contributed by atoms with van der Waals surface area (Å²) in [4.78, 5) is 4.14. The summed E-state index contributed by atoms with van der Waals surface area (Å²) < 4.78 is 11.0. The number of hydrogen-bond acceptors (Lipinski definition) is 4. The van der Waals surface area contributed by atoms with E-state index in [4.69, 9.17) is 14.7 Å². The van der Waals surface area contributed by atoms with Gasteiger partial charge in [-0.15, -0.1) is 0 Å². The van der Waals surface area contributed by atoms with Crippen LogP contribution >= 0.6 is 0 Å². The minimum Gasteiger partial charge on any atom is -0.487 e. The van der Waals surface area contributed by atoms with E-state index in [1.54, 1.807) is 0 Å². The van der Waals surface area contributed by atoms with Gasteiger partial charge in [0, 0.05) is 12.8 Å². The Kier molecular flexibility index (Phi) is 3.42. The average Bonchev–Trinajstić information content (AvgIpc) is 2.33. The molecule has 0 spiro atoms. The van der Waals surface area contributed by atoms with Gasteiger partial charge in [-0.3, -0.25) is 0 Å². The van der Waals surface area contributed by atoms with E-state index in [1.165, 1.54) is 0 Å². The maximum absolute atomic E-state index is 8.96. The van der Waals surface area contributed by atoms with Gasteiger partial charge in [0.1, 0.15) is 12.2 Å². The molecule has 0 amide bonds. The van der Waals surface area contributed by atoms with Crippen molar-refractivity contribution in [1.82, 2.24) is 4.98 Å². The quantitative estimate of drug-likeness (QED) is 0.640. The van der Waals surface area contributed by atoms with Crippen molar-refractivity contribution in [3.05, 3.63) is 17.8 Å². The fourth-order valence-corrected chi connectivity index (χ4v) is 1.69. The zero-order valence-electron chi connectivity index (χ0n) is 9.27. The molecule has 16 heavy (non-hydrogen) atoms.